The molecule has 1 aromatic carbocycles. The summed E-state index contributed by atoms with van der Waals surface area (Å²) < 4.78 is 0. The van der Waals surface area contributed by atoms with Crippen molar-refractivity contribution in [3.05, 3.63) is 41.4 Å². The van der Waals surface area contributed by atoms with Crippen molar-refractivity contribution in [1.82, 2.24) is 4.90 Å². The summed E-state index contributed by atoms with van der Waals surface area (Å²) in [6.07, 6.45) is 8.42. The van der Waals surface area contributed by atoms with Crippen LogP contribution in [0.5, 0.6) is 0 Å². The molecule has 6 heteroatoms. The fourth-order valence-corrected chi connectivity index (χ4v) is 6.94. The van der Waals surface area contributed by atoms with Crippen LogP contribution in [0.4, 0.5) is 5.69 Å². The van der Waals surface area contributed by atoms with Crippen molar-refractivity contribution in [3.63, 3.8) is 0 Å². The van der Waals surface area contributed by atoms with E-state index in [1.165, 1.54) is 6.42 Å². The molecular formula is C24H25ClN2O3. The number of halogens is 1. The molecule has 0 unspecified atom stereocenters. The van der Waals surface area contributed by atoms with Gasteiger partial charge in [0.05, 0.1) is 11.8 Å². The van der Waals surface area contributed by atoms with Gasteiger partial charge in [0.1, 0.15) is 0 Å². The highest BCUT2D eigenvalue weighted by Crippen LogP contribution is 2.65. The molecule has 4 fully saturated rings. The van der Waals surface area contributed by atoms with E-state index >= 15 is 0 Å². The molecular weight excluding hydrogens is 400 g/mol. The average molecular weight is 425 g/mol. The predicted octanol–water partition coefficient (Wildman–Crippen LogP) is 3.89. The third-order valence-electron chi connectivity index (χ3n) is 8.22. The molecule has 2 bridgehead atoms. The quantitative estimate of drug-likeness (QED) is 0.591. The smallest absolute Gasteiger partial charge is 0.233 e. The van der Waals surface area contributed by atoms with E-state index in [0.717, 1.165) is 0 Å². The number of nitrogens with one attached hydrogen (secondary N) is 1. The molecule has 1 N–H and O–H groups in total. The van der Waals surface area contributed by atoms with Crippen molar-refractivity contribution < 1.29 is 14.4 Å². The van der Waals surface area contributed by atoms with Gasteiger partial charge in [-0.3, -0.25) is 19.3 Å². The van der Waals surface area contributed by atoms with E-state index in [1.54, 1.807) is 17.0 Å². The maximum absolute atomic E-state index is 13.3. The molecule has 0 spiro atoms. The van der Waals surface area contributed by atoms with Gasteiger partial charge in [0, 0.05) is 22.7 Å². The second-order valence-corrected chi connectivity index (χ2v) is 10.1. The van der Waals surface area contributed by atoms with E-state index in [2.05, 4.69) is 17.5 Å². The minimum Gasteiger partial charge on any atom is -0.326 e. The normalized spacial score (nSPS) is 40.9. The number of imide groups is 1. The van der Waals surface area contributed by atoms with Crippen LogP contribution >= 0.6 is 11.6 Å². The van der Waals surface area contributed by atoms with E-state index < -0.39 is 0 Å². The van der Waals surface area contributed by atoms with E-state index in [-0.39, 0.29) is 53.4 Å². The summed E-state index contributed by atoms with van der Waals surface area (Å²) in [6.45, 7) is 0. The first-order valence-electron chi connectivity index (χ1n) is 11.1. The fraction of sp³-hybridized carbons (Fsp3) is 0.542. The van der Waals surface area contributed by atoms with Gasteiger partial charge in [0.15, 0.2) is 0 Å². The topological polar surface area (TPSA) is 66.5 Å². The number of rotatable bonds is 3. The molecule has 0 radical (unpaired) electrons. The first-order chi connectivity index (χ1) is 14.5. The Morgan fingerprint density at radius 2 is 1.60 bits per heavy atom. The summed E-state index contributed by atoms with van der Waals surface area (Å²) in [6, 6.07) is 7.09. The van der Waals surface area contributed by atoms with E-state index in [4.69, 9.17) is 11.6 Å². The van der Waals surface area contributed by atoms with Crippen LogP contribution in [0.25, 0.3) is 0 Å². The van der Waals surface area contributed by atoms with E-state index in [9.17, 15) is 14.4 Å². The molecule has 30 heavy (non-hydrogen) atoms. The Bertz CT molecular complexity index is 931. The maximum Gasteiger partial charge on any atom is 0.233 e. The third kappa shape index (κ3) is 2.71. The van der Waals surface area contributed by atoms with Gasteiger partial charge in [-0.05, 0) is 74.0 Å². The number of carbonyl (C=O) groups is 3. The molecule has 5 nitrogen and oxygen atoms in total. The Morgan fingerprint density at radius 1 is 0.967 bits per heavy atom. The Labute approximate surface area is 180 Å². The minimum atomic E-state index is -0.125. The van der Waals surface area contributed by atoms with Crippen LogP contribution in [-0.4, -0.2) is 28.7 Å². The molecule has 6 atom stereocenters. The van der Waals surface area contributed by atoms with E-state index in [1.807, 2.05) is 12.1 Å². The number of benzene rings is 1. The highest BCUT2D eigenvalue weighted by Gasteiger charge is 2.67. The minimum absolute atomic E-state index is 0.00852. The molecule has 156 valence electrons. The largest absolute Gasteiger partial charge is 0.326 e. The van der Waals surface area contributed by atoms with E-state index in [0.29, 0.717) is 48.2 Å². The highest BCUT2D eigenvalue weighted by molar-refractivity contribution is 6.30. The molecule has 5 aliphatic carbocycles. The van der Waals surface area contributed by atoms with Crippen molar-refractivity contribution >= 4 is 35.0 Å². The van der Waals surface area contributed by atoms with Gasteiger partial charge >= 0.3 is 0 Å². The zero-order valence-electron chi connectivity index (χ0n) is 16.7. The highest BCUT2D eigenvalue weighted by atomic mass is 35.5. The van der Waals surface area contributed by atoms with Crippen LogP contribution in [0.15, 0.2) is 36.4 Å². The number of anilines is 1. The van der Waals surface area contributed by atoms with Crippen LogP contribution in [0.3, 0.4) is 0 Å². The number of nitrogens with zero attached hydrogens (tertiary/aromatic N) is 1. The number of hydrogen-bond acceptors (Lipinski definition) is 3. The van der Waals surface area contributed by atoms with Crippen molar-refractivity contribution in [2.75, 3.05) is 5.32 Å². The summed E-state index contributed by atoms with van der Waals surface area (Å²) in [5, 5.41) is 3.53. The molecule has 7 rings (SSSR count). The van der Waals surface area contributed by atoms with Gasteiger partial charge in [-0.25, -0.2) is 0 Å². The number of carbonyl (C=O) groups excluding carboxylic acids is 3. The Morgan fingerprint density at radius 3 is 2.20 bits per heavy atom. The lowest BCUT2D eigenvalue weighted by Gasteiger charge is -2.37. The van der Waals surface area contributed by atoms with Crippen molar-refractivity contribution in [2.45, 2.75) is 38.1 Å². The fourth-order valence-electron chi connectivity index (χ4n) is 6.75. The lowest BCUT2D eigenvalue weighted by Crippen LogP contribution is -2.44. The second kappa shape index (κ2) is 6.68. The molecule has 1 heterocycles. The standard InChI is InChI=1S/C24H25ClN2O3/c25-13-2-1-3-14(10-13)26-22(28)12-4-6-15(7-5-12)27-23(29)20-16-8-9-17(19-11-18(16)19)21(20)24(27)30/h1-3,8-10,12,15-21H,4-7,11H2,(H,26,28)/t12?,15?,16-,17-,18-,19-,20+,21+/m1/s1. The van der Waals surface area contributed by atoms with Gasteiger partial charge in [-0.15, -0.1) is 0 Å². The summed E-state index contributed by atoms with van der Waals surface area (Å²) in [4.78, 5) is 40.8. The zero-order chi connectivity index (χ0) is 20.6. The lowest BCUT2D eigenvalue weighted by molar-refractivity contribution is -0.144. The molecule has 3 amide bonds. The number of amides is 3. The van der Waals surface area contributed by atoms with Crippen LogP contribution < -0.4 is 5.32 Å². The molecule has 1 saturated heterocycles. The van der Waals surface area contributed by atoms with Gasteiger partial charge in [-0.2, -0.15) is 0 Å². The summed E-state index contributed by atoms with van der Waals surface area (Å²) in [5.74, 6) is 1.56. The van der Waals surface area contributed by atoms with Gasteiger partial charge in [0.25, 0.3) is 0 Å². The molecule has 3 saturated carbocycles. The summed E-state index contributed by atoms with van der Waals surface area (Å²) in [5.41, 5.74) is 0.699. The van der Waals surface area contributed by atoms with Crippen LogP contribution in [0, 0.1) is 41.4 Å². The van der Waals surface area contributed by atoms with Crippen LogP contribution in [-0.2, 0) is 14.4 Å². The lowest BCUT2D eigenvalue weighted by atomic mass is 9.63. The zero-order valence-corrected chi connectivity index (χ0v) is 17.4. The second-order valence-electron chi connectivity index (χ2n) is 9.71. The van der Waals surface area contributed by atoms with Crippen LogP contribution in [0.2, 0.25) is 5.02 Å². The monoisotopic (exact) mass is 424 g/mol. The number of allylic oxidation sites excluding steroid dienone is 2. The van der Waals surface area contributed by atoms with Crippen molar-refractivity contribution in [2.24, 2.45) is 41.4 Å². The summed E-state index contributed by atoms with van der Waals surface area (Å²) >= 11 is 6.00. The summed E-state index contributed by atoms with van der Waals surface area (Å²) in [7, 11) is 0. The average Bonchev–Trinajstić information content (AvgIpc) is 3.52. The molecule has 1 aromatic rings. The molecule has 1 aliphatic heterocycles. The third-order valence-corrected chi connectivity index (χ3v) is 8.46. The predicted molar refractivity (Wildman–Crippen MR) is 112 cm³/mol. The SMILES string of the molecule is O=C(Nc1cccc(Cl)c1)C1CCC(N2C(=O)[C@H]3[C@@H]4C=C[C@H]([C@H]5C[C@H]45)[C@@H]3C2=O)CC1. The first-order valence-corrected chi connectivity index (χ1v) is 11.5. The number of hydrogen-bond donors (Lipinski definition) is 1. The number of likely N-dealkylation sites (tertiary alicyclic amines) is 1. The van der Waals surface area contributed by atoms with Gasteiger partial charge < -0.3 is 5.32 Å². The Kier molecular flexibility index (Phi) is 4.14. The van der Waals surface area contributed by atoms with Gasteiger partial charge in [0.2, 0.25) is 17.7 Å². The first kappa shape index (κ1) is 18.6. The van der Waals surface area contributed by atoms with Crippen molar-refractivity contribution in [3.8, 4) is 0 Å². The van der Waals surface area contributed by atoms with Crippen LogP contribution in [0.1, 0.15) is 32.1 Å². The Balaban J connectivity index is 1.12. The molecule has 6 aliphatic rings. The van der Waals surface area contributed by atoms with Crippen molar-refractivity contribution in [1.29, 1.82) is 0 Å². The molecule has 0 aromatic heterocycles. The van der Waals surface area contributed by atoms with Gasteiger partial charge in [-0.1, -0.05) is 29.8 Å². The Hall–Kier alpha value is -2.14. The maximum atomic E-state index is 13.3.